The minimum Gasteiger partial charge on any atom is -0.495 e. The van der Waals surface area contributed by atoms with Crippen molar-refractivity contribution in [2.24, 2.45) is 7.05 Å². The number of hydrogen-bond acceptors (Lipinski definition) is 4. The first-order valence-corrected chi connectivity index (χ1v) is 5.22. The molecule has 1 aromatic heterocycles. The van der Waals surface area contributed by atoms with Crippen molar-refractivity contribution in [1.82, 2.24) is 9.55 Å². The van der Waals surface area contributed by atoms with Crippen LogP contribution in [0.1, 0.15) is 5.82 Å². The number of ether oxygens (including phenoxy) is 1. The predicted molar refractivity (Wildman–Crippen MR) is 65.5 cm³/mol. The Hall–Kier alpha value is -2.01. The summed E-state index contributed by atoms with van der Waals surface area (Å²) in [6.45, 7) is -0.0807. The van der Waals surface area contributed by atoms with Gasteiger partial charge in [0.25, 0.3) is 0 Å². The van der Waals surface area contributed by atoms with Gasteiger partial charge in [0.1, 0.15) is 18.2 Å². The third kappa shape index (κ3) is 1.97. The Morgan fingerprint density at radius 1 is 1.47 bits per heavy atom. The van der Waals surface area contributed by atoms with Crippen molar-refractivity contribution >= 4 is 5.69 Å². The smallest absolute Gasteiger partial charge is 0.142 e. The number of nitrogen functional groups attached to an aromatic ring is 1. The molecule has 0 radical (unpaired) electrons. The monoisotopic (exact) mass is 233 g/mol. The van der Waals surface area contributed by atoms with Crippen molar-refractivity contribution in [2.45, 2.75) is 6.61 Å². The number of aliphatic hydroxyl groups is 1. The van der Waals surface area contributed by atoms with Gasteiger partial charge >= 0.3 is 0 Å². The fraction of sp³-hybridized carbons (Fsp3) is 0.250. The van der Waals surface area contributed by atoms with Crippen LogP contribution in [0.4, 0.5) is 5.69 Å². The Kier molecular flexibility index (Phi) is 3.01. The largest absolute Gasteiger partial charge is 0.495 e. The maximum atomic E-state index is 9.10. The number of hydrogen-bond donors (Lipinski definition) is 2. The molecule has 17 heavy (non-hydrogen) atoms. The number of nitrogens with two attached hydrogens (primary N) is 1. The lowest BCUT2D eigenvalue weighted by molar-refractivity contribution is 0.267. The molecule has 0 aliphatic rings. The number of methoxy groups -OCH3 is 1. The zero-order valence-electron chi connectivity index (χ0n) is 9.84. The van der Waals surface area contributed by atoms with Gasteiger partial charge in [0.05, 0.1) is 24.7 Å². The molecule has 0 fully saturated rings. The lowest BCUT2D eigenvalue weighted by Crippen LogP contribution is -1.99. The summed E-state index contributed by atoms with van der Waals surface area (Å²) >= 11 is 0. The van der Waals surface area contributed by atoms with Gasteiger partial charge in [0.15, 0.2) is 0 Å². The summed E-state index contributed by atoms with van der Waals surface area (Å²) in [5.74, 6) is 1.25. The summed E-state index contributed by atoms with van der Waals surface area (Å²) in [7, 11) is 3.44. The Labute approximate surface area is 99.5 Å². The van der Waals surface area contributed by atoms with Gasteiger partial charge in [-0.05, 0) is 12.1 Å². The second-order valence-electron chi connectivity index (χ2n) is 3.73. The minimum absolute atomic E-state index is 0.0807. The molecule has 0 atom stereocenters. The van der Waals surface area contributed by atoms with Gasteiger partial charge in [-0.3, -0.25) is 0 Å². The molecule has 2 aromatic rings. The quantitative estimate of drug-likeness (QED) is 0.780. The molecular formula is C12H15N3O2. The highest BCUT2D eigenvalue weighted by molar-refractivity contribution is 5.67. The molecule has 0 spiro atoms. The summed E-state index contributed by atoms with van der Waals surface area (Å²) in [5.41, 5.74) is 8.22. The fourth-order valence-corrected chi connectivity index (χ4v) is 1.73. The summed E-state index contributed by atoms with van der Waals surface area (Å²) in [5, 5.41) is 9.10. The first-order valence-electron chi connectivity index (χ1n) is 5.22. The van der Waals surface area contributed by atoms with Crippen molar-refractivity contribution < 1.29 is 9.84 Å². The first-order chi connectivity index (χ1) is 8.17. The van der Waals surface area contributed by atoms with Crippen LogP contribution < -0.4 is 10.5 Å². The molecule has 90 valence electrons. The number of anilines is 1. The molecule has 0 saturated carbocycles. The van der Waals surface area contributed by atoms with E-state index >= 15 is 0 Å². The van der Waals surface area contributed by atoms with E-state index in [9.17, 15) is 0 Å². The highest BCUT2D eigenvalue weighted by atomic mass is 16.5. The highest BCUT2D eigenvalue weighted by Gasteiger charge is 2.09. The van der Waals surface area contributed by atoms with Gasteiger partial charge in [-0.2, -0.15) is 0 Å². The minimum atomic E-state index is -0.0807. The highest BCUT2D eigenvalue weighted by Crippen LogP contribution is 2.28. The van der Waals surface area contributed by atoms with E-state index in [1.807, 2.05) is 23.7 Å². The van der Waals surface area contributed by atoms with Crippen LogP contribution in [0.25, 0.3) is 11.3 Å². The standard InChI is InChI=1S/C12H15N3O2/c1-15-10(6-14-12(15)7-16)8-3-4-9(13)11(5-8)17-2/h3-6,16H,7,13H2,1-2H3. The first kappa shape index (κ1) is 11.5. The lowest BCUT2D eigenvalue weighted by Gasteiger charge is -2.08. The van der Waals surface area contributed by atoms with Crippen molar-refractivity contribution in [3.63, 3.8) is 0 Å². The number of benzene rings is 1. The second kappa shape index (κ2) is 4.47. The normalized spacial score (nSPS) is 10.5. The summed E-state index contributed by atoms with van der Waals surface area (Å²) in [6.07, 6.45) is 1.72. The van der Waals surface area contributed by atoms with Crippen LogP contribution in [0.3, 0.4) is 0 Å². The van der Waals surface area contributed by atoms with Gasteiger partial charge in [-0.15, -0.1) is 0 Å². The van der Waals surface area contributed by atoms with Crippen LogP contribution in [0, 0.1) is 0 Å². The number of aliphatic hydroxyl groups excluding tert-OH is 1. The van der Waals surface area contributed by atoms with Gasteiger partial charge in [0, 0.05) is 12.6 Å². The van der Waals surface area contributed by atoms with Gasteiger partial charge in [-0.1, -0.05) is 6.07 Å². The van der Waals surface area contributed by atoms with Crippen LogP contribution >= 0.6 is 0 Å². The van der Waals surface area contributed by atoms with Crippen LogP contribution in [0.5, 0.6) is 5.75 Å². The molecule has 5 heteroatoms. The SMILES string of the molecule is COc1cc(-c2cnc(CO)n2C)ccc1N. The molecule has 1 heterocycles. The van der Waals surface area contributed by atoms with Gasteiger partial charge in [0.2, 0.25) is 0 Å². The topological polar surface area (TPSA) is 73.3 Å². The van der Waals surface area contributed by atoms with E-state index < -0.39 is 0 Å². The van der Waals surface area contributed by atoms with Crippen LogP contribution in [0.2, 0.25) is 0 Å². The van der Waals surface area contributed by atoms with E-state index in [2.05, 4.69) is 4.98 Å². The van der Waals surface area contributed by atoms with Gasteiger partial charge in [-0.25, -0.2) is 4.98 Å². The fourth-order valence-electron chi connectivity index (χ4n) is 1.73. The number of rotatable bonds is 3. The maximum Gasteiger partial charge on any atom is 0.142 e. The Bertz CT molecular complexity index is 535. The average Bonchev–Trinajstić information content (AvgIpc) is 2.71. The van der Waals surface area contributed by atoms with E-state index in [-0.39, 0.29) is 6.61 Å². The molecular weight excluding hydrogens is 218 g/mol. The zero-order valence-corrected chi connectivity index (χ0v) is 9.84. The molecule has 0 aliphatic heterocycles. The molecule has 2 rings (SSSR count). The zero-order chi connectivity index (χ0) is 12.4. The van der Waals surface area contributed by atoms with Crippen LogP contribution in [-0.2, 0) is 13.7 Å². The number of nitrogens with zero attached hydrogens (tertiary/aromatic N) is 2. The summed E-state index contributed by atoms with van der Waals surface area (Å²) in [4.78, 5) is 4.13. The Morgan fingerprint density at radius 2 is 2.24 bits per heavy atom. The van der Waals surface area contributed by atoms with E-state index in [4.69, 9.17) is 15.6 Å². The third-order valence-electron chi connectivity index (χ3n) is 2.76. The average molecular weight is 233 g/mol. The lowest BCUT2D eigenvalue weighted by atomic mass is 10.1. The van der Waals surface area contributed by atoms with Crippen LogP contribution in [0.15, 0.2) is 24.4 Å². The summed E-state index contributed by atoms with van der Waals surface area (Å²) < 4.78 is 7.01. The maximum absolute atomic E-state index is 9.10. The van der Waals surface area contributed by atoms with E-state index in [0.29, 0.717) is 17.3 Å². The molecule has 0 bridgehead atoms. The van der Waals surface area contributed by atoms with Gasteiger partial charge < -0.3 is 20.1 Å². The molecule has 0 amide bonds. The Morgan fingerprint density at radius 3 is 2.82 bits per heavy atom. The Balaban J connectivity index is 2.49. The van der Waals surface area contributed by atoms with Crippen molar-refractivity contribution in [3.8, 4) is 17.0 Å². The molecule has 3 N–H and O–H groups in total. The van der Waals surface area contributed by atoms with Crippen LogP contribution in [-0.4, -0.2) is 21.8 Å². The van der Waals surface area contributed by atoms with E-state index in [0.717, 1.165) is 11.3 Å². The van der Waals surface area contributed by atoms with Crippen molar-refractivity contribution in [3.05, 3.63) is 30.2 Å². The molecule has 0 aliphatic carbocycles. The second-order valence-corrected chi connectivity index (χ2v) is 3.73. The summed E-state index contributed by atoms with van der Waals surface area (Å²) in [6, 6.07) is 5.54. The molecule has 0 unspecified atom stereocenters. The third-order valence-corrected chi connectivity index (χ3v) is 2.76. The van der Waals surface area contributed by atoms with Crippen molar-refractivity contribution in [1.29, 1.82) is 0 Å². The molecule has 0 saturated heterocycles. The number of imidazole rings is 1. The van der Waals surface area contributed by atoms with Crippen molar-refractivity contribution in [2.75, 3.05) is 12.8 Å². The van der Waals surface area contributed by atoms with E-state index in [1.54, 1.807) is 19.4 Å². The van der Waals surface area contributed by atoms with E-state index in [1.165, 1.54) is 0 Å². The molecule has 5 nitrogen and oxygen atoms in total. The predicted octanol–water partition coefficient (Wildman–Crippen LogP) is 1.17. The number of aromatic nitrogens is 2. The molecule has 1 aromatic carbocycles.